The molecule has 6 N–H and O–H groups in total. The van der Waals surface area contributed by atoms with E-state index in [-0.39, 0.29) is 18.5 Å². The van der Waals surface area contributed by atoms with Gasteiger partial charge in [-0.15, -0.1) is 0 Å². The highest BCUT2D eigenvalue weighted by Crippen LogP contribution is 2.23. The summed E-state index contributed by atoms with van der Waals surface area (Å²) < 4.78 is 16.7. The molecule has 0 aromatic carbocycles. The van der Waals surface area contributed by atoms with Crippen LogP contribution in [-0.4, -0.2) is 100 Å². The van der Waals surface area contributed by atoms with Gasteiger partial charge in [0.05, 0.1) is 32.0 Å². The molecule has 492 valence electrons. The number of aliphatic hydroxyl groups is 5. The summed E-state index contributed by atoms with van der Waals surface area (Å²) in [6, 6.07) is -0.834. The molecule has 7 atom stereocenters. The Labute approximate surface area is 516 Å². The number of nitrogens with one attached hydrogen (secondary N) is 1. The first-order valence-corrected chi connectivity index (χ1v) is 35.9. The number of allylic oxidation sites excluding steroid dienone is 7. The van der Waals surface area contributed by atoms with E-state index < -0.39 is 49.5 Å². The Balaban J connectivity index is 2.00. The van der Waals surface area contributed by atoms with Crippen LogP contribution in [0.1, 0.15) is 341 Å². The summed E-state index contributed by atoms with van der Waals surface area (Å²) in [7, 11) is 0. The fourth-order valence-electron chi connectivity index (χ4n) is 11.2. The minimum Gasteiger partial charge on any atom is -0.466 e. The van der Waals surface area contributed by atoms with Gasteiger partial charge in [0.1, 0.15) is 24.4 Å². The molecule has 0 spiro atoms. The molecule has 11 heteroatoms. The SMILES string of the molecule is CCCCCCC/C=C/CC/C=C/CC/C=C/C(O)C(COC1OC(CO)C(O)C(O)C1O)NC(=O)CCCCCCCCCCCCCCCC/C=C\CCCCCCCCCCCCCCOC(=O)CCCCCCCCCCCCC. The third kappa shape index (κ3) is 50.6. The summed E-state index contributed by atoms with van der Waals surface area (Å²) in [5, 5.41) is 54.5. The molecule has 0 radical (unpaired) electrons. The summed E-state index contributed by atoms with van der Waals surface area (Å²) in [5.74, 6) is -0.185. The van der Waals surface area contributed by atoms with Crippen LogP contribution >= 0.6 is 0 Å². The topological polar surface area (TPSA) is 175 Å². The number of hydrogen-bond donors (Lipinski definition) is 6. The van der Waals surface area contributed by atoms with Gasteiger partial charge >= 0.3 is 5.97 Å². The van der Waals surface area contributed by atoms with Gasteiger partial charge in [0, 0.05) is 12.8 Å². The van der Waals surface area contributed by atoms with Gasteiger partial charge in [-0.2, -0.15) is 0 Å². The van der Waals surface area contributed by atoms with Crippen molar-refractivity contribution in [3.63, 3.8) is 0 Å². The van der Waals surface area contributed by atoms with Crippen molar-refractivity contribution in [3.8, 4) is 0 Å². The molecule has 1 fully saturated rings. The van der Waals surface area contributed by atoms with Gasteiger partial charge in [0.15, 0.2) is 6.29 Å². The summed E-state index contributed by atoms with van der Waals surface area (Å²) >= 11 is 0. The highest BCUT2D eigenvalue weighted by atomic mass is 16.7. The van der Waals surface area contributed by atoms with Gasteiger partial charge in [0.2, 0.25) is 5.91 Å². The van der Waals surface area contributed by atoms with Gasteiger partial charge < -0.3 is 45.1 Å². The molecule has 0 aromatic heterocycles. The number of esters is 1. The van der Waals surface area contributed by atoms with E-state index in [0.29, 0.717) is 19.4 Å². The van der Waals surface area contributed by atoms with Crippen molar-refractivity contribution in [2.45, 2.75) is 384 Å². The second-order valence-corrected chi connectivity index (χ2v) is 24.9. The van der Waals surface area contributed by atoms with Crippen LogP contribution in [0.15, 0.2) is 48.6 Å². The quantitative estimate of drug-likeness (QED) is 0.0195. The van der Waals surface area contributed by atoms with Crippen molar-refractivity contribution in [1.82, 2.24) is 5.32 Å². The lowest BCUT2D eigenvalue weighted by Gasteiger charge is -2.40. The zero-order chi connectivity index (χ0) is 60.9. The Bertz CT molecular complexity index is 1530. The molecule has 84 heavy (non-hydrogen) atoms. The number of rotatable bonds is 63. The van der Waals surface area contributed by atoms with Gasteiger partial charge in [-0.25, -0.2) is 0 Å². The van der Waals surface area contributed by atoms with E-state index in [1.54, 1.807) is 6.08 Å². The van der Waals surface area contributed by atoms with E-state index in [0.717, 1.165) is 70.6 Å². The van der Waals surface area contributed by atoms with Crippen LogP contribution in [0.5, 0.6) is 0 Å². The van der Waals surface area contributed by atoms with E-state index >= 15 is 0 Å². The molecule has 1 aliphatic heterocycles. The molecular formula is C73H135NO10. The van der Waals surface area contributed by atoms with Gasteiger partial charge in [-0.1, -0.05) is 294 Å². The van der Waals surface area contributed by atoms with Crippen LogP contribution in [-0.2, 0) is 23.8 Å². The van der Waals surface area contributed by atoms with Gasteiger partial charge in [0.25, 0.3) is 0 Å². The van der Waals surface area contributed by atoms with Crippen LogP contribution in [0.2, 0.25) is 0 Å². The summed E-state index contributed by atoms with van der Waals surface area (Å²) in [5.41, 5.74) is 0. The highest BCUT2D eigenvalue weighted by molar-refractivity contribution is 5.76. The first-order valence-electron chi connectivity index (χ1n) is 35.9. The van der Waals surface area contributed by atoms with E-state index in [1.807, 2.05) is 6.08 Å². The number of unbranched alkanes of at least 4 members (excludes halogenated alkanes) is 43. The molecule has 1 saturated heterocycles. The maximum absolute atomic E-state index is 13.1. The van der Waals surface area contributed by atoms with Crippen LogP contribution < -0.4 is 5.32 Å². The third-order valence-electron chi connectivity index (χ3n) is 16.9. The minimum absolute atomic E-state index is 0.00818. The molecule has 0 aromatic rings. The predicted molar refractivity (Wildman–Crippen MR) is 352 cm³/mol. The van der Waals surface area contributed by atoms with Crippen LogP contribution in [0.4, 0.5) is 0 Å². The number of ether oxygens (including phenoxy) is 3. The van der Waals surface area contributed by atoms with E-state index in [2.05, 4.69) is 55.6 Å². The van der Waals surface area contributed by atoms with Gasteiger partial charge in [-0.3, -0.25) is 9.59 Å². The fourth-order valence-corrected chi connectivity index (χ4v) is 11.2. The number of carbonyl (C=O) groups excluding carboxylic acids is 2. The lowest BCUT2D eigenvalue weighted by Crippen LogP contribution is -2.60. The van der Waals surface area contributed by atoms with Crippen molar-refractivity contribution in [1.29, 1.82) is 0 Å². The first-order chi connectivity index (χ1) is 41.2. The molecule has 1 aliphatic rings. The molecule has 1 amide bonds. The Kier molecular flexibility index (Phi) is 59.0. The smallest absolute Gasteiger partial charge is 0.305 e. The lowest BCUT2D eigenvalue weighted by atomic mass is 9.99. The summed E-state index contributed by atoms with van der Waals surface area (Å²) in [4.78, 5) is 25.1. The molecule has 0 aliphatic carbocycles. The predicted octanol–water partition coefficient (Wildman–Crippen LogP) is 18.4. The van der Waals surface area contributed by atoms with E-state index in [1.165, 1.54) is 244 Å². The van der Waals surface area contributed by atoms with Crippen molar-refractivity contribution >= 4 is 11.9 Å². The Hall–Kier alpha value is -2.38. The standard InChI is InChI=1S/C73H135NO10/c1-3-5-7-9-11-13-15-16-33-36-40-43-47-51-55-59-66(76)65(64-83-73-72(81)71(80)70(79)67(63-75)84-73)74-68(77)60-56-52-48-44-41-37-34-31-29-27-25-23-21-19-17-18-20-22-24-26-28-30-32-35-38-42-46-50-54-58-62-82-69(78)61-57-53-49-45-39-14-12-10-8-6-4-2/h15-16,18,20,40,43,55,59,65-67,70-73,75-76,79-81H,3-14,17,19,21-39,41-42,44-54,56-58,60-64H2,1-2H3,(H,74,77)/b16-15+,20-18-,43-40+,59-55+. The van der Waals surface area contributed by atoms with Crippen molar-refractivity contribution in [2.24, 2.45) is 0 Å². The normalized spacial score (nSPS) is 18.3. The Morgan fingerprint density at radius 1 is 0.429 bits per heavy atom. The van der Waals surface area contributed by atoms with Crippen molar-refractivity contribution in [2.75, 3.05) is 19.8 Å². The molecule has 1 heterocycles. The summed E-state index contributed by atoms with van der Waals surface area (Å²) in [6.45, 7) is 4.34. The minimum atomic E-state index is -1.58. The van der Waals surface area contributed by atoms with Crippen LogP contribution in [0, 0.1) is 0 Å². The van der Waals surface area contributed by atoms with E-state index in [9.17, 15) is 35.1 Å². The zero-order valence-electron chi connectivity index (χ0n) is 54.6. The molecule has 7 unspecified atom stereocenters. The van der Waals surface area contributed by atoms with Crippen LogP contribution in [0.25, 0.3) is 0 Å². The molecule has 0 saturated carbocycles. The second kappa shape index (κ2) is 62.2. The maximum Gasteiger partial charge on any atom is 0.305 e. The molecule has 11 nitrogen and oxygen atoms in total. The maximum atomic E-state index is 13.1. The average Bonchev–Trinajstić information content (AvgIpc) is 3.66. The first kappa shape index (κ1) is 79.6. The van der Waals surface area contributed by atoms with Gasteiger partial charge in [-0.05, 0) is 83.5 Å². The average molecular weight is 1190 g/mol. The number of aliphatic hydroxyl groups excluding tert-OH is 5. The zero-order valence-corrected chi connectivity index (χ0v) is 54.6. The second-order valence-electron chi connectivity index (χ2n) is 24.9. The fraction of sp³-hybridized carbons (Fsp3) is 0.863. The van der Waals surface area contributed by atoms with Crippen LogP contribution in [0.3, 0.4) is 0 Å². The highest BCUT2D eigenvalue weighted by Gasteiger charge is 2.44. The molecular weight excluding hydrogens is 1050 g/mol. The largest absolute Gasteiger partial charge is 0.466 e. The lowest BCUT2D eigenvalue weighted by molar-refractivity contribution is -0.302. The third-order valence-corrected chi connectivity index (χ3v) is 16.9. The van der Waals surface area contributed by atoms with Crippen molar-refractivity contribution in [3.05, 3.63) is 48.6 Å². The summed E-state index contributed by atoms with van der Waals surface area (Å²) in [6.07, 6.45) is 71.0. The Morgan fingerprint density at radius 2 is 0.774 bits per heavy atom. The number of carbonyl (C=O) groups is 2. The molecule has 0 bridgehead atoms. The monoisotopic (exact) mass is 1190 g/mol. The molecule has 1 rings (SSSR count). The number of hydrogen-bond acceptors (Lipinski definition) is 10. The van der Waals surface area contributed by atoms with E-state index in [4.69, 9.17) is 14.2 Å². The Morgan fingerprint density at radius 3 is 1.18 bits per heavy atom. The number of amides is 1. The van der Waals surface area contributed by atoms with Crippen molar-refractivity contribution < 1.29 is 49.3 Å².